The summed E-state index contributed by atoms with van der Waals surface area (Å²) in [6, 6.07) is -0.888. The van der Waals surface area contributed by atoms with E-state index in [0.29, 0.717) is 0 Å². The number of hydrogen-bond acceptors (Lipinski definition) is 4. The minimum atomic E-state index is -0.888. The minimum absolute atomic E-state index is 0.0162. The number of hydrogen-bond donors (Lipinski definition) is 0. The first-order valence-corrected chi connectivity index (χ1v) is 3.11. The second kappa shape index (κ2) is 2.68. The van der Waals surface area contributed by atoms with Gasteiger partial charge < -0.3 is 0 Å². The van der Waals surface area contributed by atoms with Crippen LogP contribution in [0, 0.1) is 4.91 Å². The van der Waals surface area contributed by atoms with Crippen molar-refractivity contribution in [2.75, 3.05) is 0 Å². The van der Waals surface area contributed by atoms with Gasteiger partial charge in [-0.2, -0.15) is 4.91 Å². The van der Waals surface area contributed by atoms with Gasteiger partial charge in [-0.3, -0.25) is 9.59 Å². The van der Waals surface area contributed by atoms with Crippen LogP contribution in [0.25, 0.3) is 0 Å². The monoisotopic (exact) mass is 141 g/mol. The third kappa shape index (κ3) is 1.26. The molecule has 1 saturated carbocycles. The fraction of sp³-hybridized carbons (Fsp3) is 0.667. The Kier molecular flexibility index (Phi) is 1.89. The molecule has 4 heteroatoms. The highest BCUT2D eigenvalue weighted by molar-refractivity contribution is 5.96. The van der Waals surface area contributed by atoms with Crippen LogP contribution in [-0.2, 0) is 9.59 Å². The maximum atomic E-state index is 10.7. The molecule has 0 saturated heterocycles. The van der Waals surface area contributed by atoms with E-state index >= 15 is 0 Å². The lowest BCUT2D eigenvalue weighted by Gasteiger charge is -2.11. The number of nitrogens with zero attached hydrogens (tertiary/aromatic N) is 1. The summed E-state index contributed by atoms with van der Waals surface area (Å²) in [6.45, 7) is 0. The molecular weight excluding hydrogens is 134 g/mol. The predicted octanol–water partition coefficient (Wildman–Crippen LogP) is 0.444. The lowest BCUT2D eigenvalue weighted by Crippen LogP contribution is -2.27. The first-order chi connectivity index (χ1) is 4.74. The molecule has 1 aliphatic rings. The van der Waals surface area contributed by atoms with Crippen molar-refractivity contribution in [2.24, 2.45) is 5.18 Å². The molecule has 4 nitrogen and oxygen atoms in total. The maximum absolute atomic E-state index is 10.7. The van der Waals surface area contributed by atoms with E-state index in [1.807, 2.05) is 0 Å². The molecule has 0 aromatic carbocycles. The Labute approximate surface area is 57.6 Å². The van der Waals surface area contributed by atoms with Crippen LogP contribution in [0.15, 0.2) is 5.18 Å². The van der Waals surface area contributed by atoms with Gasteiger partial charge >= 0.3 is 0 Å². The zero-order valence-corrected chi connectivity index (χ0v) is 5.37. The lowest BCUT2D eigenvalue weighted by molar-refractivity contribution is -0.130. The molecule has 1 unspecified atom stereocenters. The van der Waals surface area contributed by atoms with Crippen molar-refractivity contribution in [2.45, 2.75) is 25.3 Å². The second-order valence-electron chi connectivity index (χ2n) is 2.33. The first-order valence-electron chi connectivity index (χ1n) is 3.11. The fourth-order valence-electron chi connectivity index (χ4n) is 0.957. The number of carbonyl (C=O) groups excluding carboxylic acids is 2. The SMILES string of the molecule is O=NC1CC(=O)CCC1=O. The van der Waals surface area contributed by atoms with Crippen LogP contribution in [0.1, 0.15) is 19.3 Å². The molecule has 0 aliphatic heterocycles. The smallest absolute Gasteiger partial charge is 0.161 e. The molecule has 0 aromatic rings. The maximum Gasteiger partial charge on any atom is 0.161 e. The molecule has 0 heterocycles. The van der Waals surface area contributed by atoms with Gasteiger partial charge in [0.2, 0.25) is 0 Å². The Balaban J connectivity index is 2.62. The normalized spacial score (nSPS) is 26.6. The van der Waals surface area contributed by atoms with Gasteiger partial charge in [0.05, 0.1) is 0 Å². The van der Waals surface area contributed by atoms with Gasteiger partial charge in [0.1, 0.15) is 5.78 Å². The minimum Gasteiger partial charge on any atom is -0.300 e. The van der Waals surface area contributed by atoms with Crippen molar-refractivity contribution in [1.82, 2.24) is 0 Å². The van der Waals surface area contributed by atoms with E-state index < -0.39 is 6.04 Å². The van der Waals surface area contributed by atoms with Crippen molar-refractivity contribution in [1.29, 1.82) is 0 Å². The Morgan fingerprint density at radius 2 is 2.00 bits per heavy atom. The fourth-order valence-corrected chi connectivity index (χ4v) is 0.957. The summed E-state index contributed by atoms with van der Waals surface area (Å²) < 4.78 is 0. The van der Waals surface area contributed by atoms with Gasteiger partial charge in [0.25, 0.3) is 0 Å². The van der Waals surface area contributed by atoms with E-state index in [1.54, 1.807) is 0 Å². The van der Waals surface area contributed by atoms with Crippen molar-refractivity contribution in [3.05, 3.63) is 4.91 Å². The molecule has 1 rings (SSSR count). The van der Waals surface area contributed by atoms with Crippen LogP contribution < -0.4 is 0 Å². The van der Waals surface area contributed by atoms with E-state index in [4.69, 9.17) is 0 Å². The van der Waals surface area contributed by atoms with E-state index in [2.05, 4.69) is 5.18 Å². The zero-order chi connectivity index (χ0) is 7.56. The molecule has 1 fully saturated rings. The molecule has 0 aromatic heterocycles. The molecular formula is C6H7NO3. The highest BCUT2D eigenvalue weighted by Gasteiger charge is 2.27. The first kappa shape index (κ1) is 7.05. The summed E-state index contributed by atoms with van der Waals surface area (Å²) in [6.07, 6.45) is 0.489. The Morgan fingerprint density at radius 1 is 1.30 bits per heavy atom. The van der Waals surface area contributed by atoms with Crippen molar-refractivity contribution in [3.8, 4) is 0 Å². The molecule has 1 aliphatic carbocycles. The molecule has 1 atom stereocenters. The highest BCUT2D eigenvalue weighted by Crippen LogP contribution is 2.13. The van der Waals surface area contributed by atoms with E-state index in [1.165, 1.54) is 0 Å². The molecule has 54 valence electrons. The third-order valence-electron chi connectivity index (χ3n) is 1.57. The molecule has 0 amide bonds. The van der Waals surface area contributed by atoms with E-state index in [9.17, 15) is 14.5 Å². The summed E-state index contributed by atoms with van der Waals surface area (Å²) in [5.41, 5.74) is 0. The van der Waals surface area contributed by atoms with Gasteiger partial charge in [0.15, 0.2) is 11.8 Å². The molecule has 0 N–H and O–H groups in total. The van der Waals surface area contributed by atoms with E-state index in [0.717, 1.165) is 0 Å². The number of nitroso groups, excluding NO2 is 1. The average molecular weight is 141 g/mol. The number of ketones is 2. The largest absolute Gasteiger partial charge is 0.300 e. The third-order valence-corrected chi connectivity index (χ3v) is 1.57. The van der Waals surface area contributed by atoms with Crippen molar-refractivity contribution in [3.63, 3.8) is 0 Å². The Bertz CT molecular complexity index is 187. The average Bonchev–Trinajstić information content (AvgIpc) is 1.94. The summed E-state index contributed by atoms with van der Waals surface area (Å²) in [4.78, 5) is 31.2. The number of Topliss-reactive ketones (excluding diaryl/α,β-unsaturated/α-hetero) is 2. The summed E-state index contributed by atoms with van der Waals surface area (Å²) in [7, 11) is 0. The van der Waals surface area contributed by atoms with Crippen LogP contribution in [0.4, 0.5) is 0 Å². The lowest BCUT2D eigenvalue weighted by atomic mass is 9.94. The Hall–Kier alpha value is -1.06. The molecule has 0 spiro atoms. The van der Waals surface area contributed by atoms with E-state index in [-0.39, 0.29) is 30.8 Å². The summed E-state index contributed by atoms with van der Waals surface area (Å²) in [5, 5.41) is 2.56. The van der Waals surface area contributed by atoms with Crippen molar-refractivity contribution >= 4 is 11.6 Å². The molecule has 0 radical (unpaired) electrons. The Morgan fingerprint density at radius 3 is 2.50 bits per heavy atom. The van der Waals surface area contributed by atoms with Gasteiger partial charge in [-0.15, -0.1) is 0 Å². The van der Waals surface area contributed by atoms with Crippen LogP contribution >= 0.6 is 0 Å². The second-order valence-corrected chi connectivity index (χ2v) is 2.33. The highest BCUT2D eigenvalue weighted by atomic mass is 16.3. The number of carbonyl (C=O) groups is 2. The predicted molar refractivity (Wildman–Crippen MR) is 33.4 cm³/mol. The number of rotatable bonds is 1. The molecule has 10 heavy (non-hydrogen) atoms. The van der Waals surface area contributed by atoms with Gasteiger partial charge in [-0.05, 0) is 0 Å². The zero-order valence-electron chi connectivity index (χ0n) is 5.37. The van der Waals surface area contributed by atoms with Gasteiger partial charge in [0, 0.05) is 19.3 Å². The topological polar surface area (TPSA) is 63.6 Å². The van der Waals surface area contributed by atoms with Crippen LogP contribution in [0.5, 0.6) is 0 Å². The van der Waals surface area contributed by atoms with Crippen LogP contribution in [0.2, 0.25) is 0 Å². The standard InChI is InChI=1S/C6H7NO3/c8-4-1-2-6(9)5(3-4)7-10/h5H,1-3H2. The summed E-state index contributed by atoms with van der Waals surface area (Å²) in [5.74, 6) is -0.237. The molecule has 0 bridgehead atoms. The van der Waals surface area contributed by atoms with Gasteiger partial charge in [-0.25, -0.2) is 0 Å². The quantitative estimate of drug-likeness (QED) is 0.498. The van der Waals surface area contributed by atoms with Crippen LogP contribution in [-0.4, -0.2) is 17.6 Å². The summed E-state index contributed by atoms with van der Waals surface area (Å²) >= 11 is 0. The van der Waals surface area contributed by atoms with Crippen LogP contribution in [0.3, 0.4) is 0 Å². The van der Waals surface area contributed by atoms with Crippen molar-refractivity contribution < 1.29 is 9.59 Å². The van der Waals surface area contributed by atoms with Gasteiger partial charge in [-0.1, -0.05) is 5.18 Å².